The van der Waals surface area contributed by atoms with E-state index >= 15 is 0 Å². The first kappa shape index (κ1) is 12.1. The van der Waals surface area contributed by atoms with Gasteiger partial charge in [0.2, 0.25) is 0 Å². The molecule has 0 bridgehead atoms. The van der Waals surface area contributed by atoms with E-state index in [0.717, 1.165) is 25.0 Å². The molecule has 17 heavy (non-hydrogen) atoms. The molecule has 1 aliphatic rings. The van der Waals surface area contributed by atoms with Crippen LogP contribution < -0.4 is 0 Å². The largest absolute Gasteiger partial charge is 0.294 e. The van der Waals surface area contributed by atoms with Crippen LogP contribution >= 0.6 is 0 Å². The van der Waals surface area contributed by atoms with Gasteiger partial charge in [0, 0.05) is 5.92 Å². The lowest BCUT2D eigenvalue weighted by Gasteiger charge is -2.14. The summed E-state index contributed by atoms with van der Waals surface area (Å²) < 4.78 is 39.2. The number of carbonyl (C=O) groups is 1. The summed E-state index contributed by atoms with van der Waals surface area (Å²) >= 11 is 0. The Morgan fingerprint density at radius 3 is 2.47 bits per heavy atom. The van der Waals surface area contributed by atoms with Crippen LogP contribution in [-0.2, 0) is 0 Å². The van der Waals surface area contributed by atoms with Crippen LogP contribution in [0.25, 0.3) is 0 Å². The lowest BCUT2D eigenvalue weighted by atomic mass is 9.89. The van der Waals surface area contributed by atoms with E-state index in [0.29, 0.717) is 6.42 Å². The number of hydrogen-bond acceptors (Lipinski definition) is 1. The van der Waals surface area contributed by atoms with Gasteiger partial charge in [-0.15, -0.1) is 0 Å². The maximum Gasteiger partial charge on any atom is 0.195 e. The predicted octanol–water partition coefficient (Wildman–Crippen LogP) is 3.72. The summed E-state index contributed by atoms with van der Waals surface area (Å²) in [5, 5.41) is 0. The highest BCUT2D eigenvalue weighted by Gasteiger charge is 2.32. The van der Waals surface area contributed by atoms with E-state index < -0.39 is 23.2 Å². The molecule has 4 heteroatoms. The van der Waals surface area contributed by atoms with Crippen molar-refractivity contribution in [3.05, 3.63) is 35.1 Å². The fourth-order valence-corrected chi connectivity index (χ4v) is 2.45. The van der Waals surface area contributed by atoms with E-state index in [2.05, 4.69) is 0 Å². The standard InChI is InChI=1S/C13H13F3O/c1-7-3-2-4-8(7)13(17)9-5-6-10(14)12(16)11(9)15/h5-8H,2-4H2,1H3. The van der Waals surface area contributed by atoms with Crippen LogP contribution in [0.2, 0.25) is 0 Å². The number of Topliss-reactive ketones (excluding diaryl/α,β-unsaturated/α-hetero) is 1. The van der Waals surface area contributed by atoms with Crippen LogP contribution in [-0.4, -0.2) is 5.78 Å². The Morgan fingerprint density at radius 2 is 1.88 bits per heavy atom. The quantitative estimate of drug-likeness (QED) is 0.570. The van der Waals surface area contributed by atoms with Crippen LogP contribution in [0, 0.1) is 29.3 Å². The molecule has 0 amide bonds. The summed E-state index contributed by atoms with van der Waals surface area (Å²) in [4.78, 5) is 12.0. The van der Waals surface area contributed by atoms with Crippen molar-refractivity contribution in [2.75, 3.05) is 0 Å². The minimum atomic E-state index is -1.57. The first-order valence-corrected chi connectivity index (χ1v) is 5.70. The fraction of sp³-hybridized carbons (Fsp3) is 0.462. The van der Waals surface area contributed by atoms with Crippen molar-refractivity contribution >= 4 is 5.78 Å². The van der Waals surface area contributed by atoms with E-state index in [1.54, 1.807) is 0 Å². The van der Waals surface area contributed by atoms with Crippen LogP contribution in [0.4, 0.5) is 13.2 Å². The molecule has 0 N–H and O–H groups in total. The Kier molecular flexibility index (Phi) is 3.22. The summed E-state index contributed by atoms with van der Waals surface area (Å²) in [6, 6.07) is 1.83. The molecule has 0 aliphatic heterocycles. The van der Waals surface area contributed by atoms with Gasteiger partial charge in [0.1, 0.15) is 0 Å². The van der Waals surface area contributed by atoms with Gasteiger partial charge in [-0.3, -0.25) is 4.79 Å². The number of carbonyl (C=O) groups excluding carboxylic acids is 1. The molecule has 1 fully saturated rings. The minimum Gasteiger partial charge on any atom is -0.294 e. The topological polar surface area (TPSA) is 17.1 Å². The highest BCUT2D eigenvalue weighted by molar-refractivity contribution is 5.98. The lowest BCUT2D eigenvalue weighted by Crippen LogP contribution is -2.19. The smallest absolute Gasteiger partial charge is 0.195 e. The zero-order valence-corrected chi connectivity index (χ0v) is 9.47. The molecule has 1 aromatic carbocycles. The van der Waals surface area contributed by atoms with Crippen molar-refractivity contribution in [3.8, 4) is 0 Å². The molecule has 92 valence electrons. The number of halogens is 3. The molecule has 1 aliphatic carbocycles. The summed E-state index contributed by atoms with van der Waals surface area (Å²) in [6.07, 6.45) is 2.53. The van der Waals surface area contributed by atoms with Crippen molar-refractivity contribution in [2.24, 2.45) is 11.8 Å². The highest BCUT2D eigenvalue weighted by atomic mass is 19.2. The molecular formula is C13H13F3O. The second kappa shape index (κ2) is 4.51. The summed E-state index contributed by atoms with van der Waals surface area (Å²) in [5.74, 6) is -4.70. The normalized spacial score (nSPS) is 24.0. The first-order valence-electron chi connectivity index (χ1n) is 5.70. The number of benzene rings is 1. The third kappa shape index (κ3) is 2.08. The van der Waals surface area contributed by atoms with Gasteiger partial charge in [-0.05, 0) is 30.9 Å². The van der Waals surface area contributed by atoms with Crippen LogP contribution in [0.3, 0.4) is 0 Å². The SMILES string of the molecule is CC1CCCC1C(=O)c1ccc(F)c(F)c1F. The number of rotatable bonds is 2. The molecule has 2 unspecified atom stereocenters. The number of hydrogen-bond donors (Lipinski definition) is 0. The molecule has 2 atom stereocenters. The van der Waals surface area contributed by atoms with Crippen molar-refractivity contribution in [1.29, 1.82) is 0 Å². The third-order valence-corrected chi connectivity index (χ3v) is 3.50. The van der Waals surface area contributed by atoms with Crippen molar-refractivity contribution in [3.63, 3.8) is 0 Å². The summed E-state index contributed by atoms with van der Waals surface area (Å²) in [7, 11) is 0. The van der Waals surface area contributed by atoms with Gasteiger partial charge in [0.25, 0.3) is 0 Å². The molecule has 0 aromatic heterocycles. The first-order chi connectivity index (χ1) is 8.02. The second-order valence-corrected chi connectivity index (χ2v) is 4.60. The van der Waals surface area contributed by atoms with Crippen LogP contribution in [0.1, 0.15) is 36.5 Å². The molecule has 1 aromatic rings. The second-order valence-electron chi connectivity index (χ2n) is 4.60. The Labute approximate surface area is 97.6 Å². The minimum absolute atomic E-state index is 0.176. The monoisotopic (exact) mass is 242 g/mol. The third-order valence-electron chi connectivity index (χ3n) is 3.50. The van der Waals surface area contributed by atoms with Gasteiger partial charge < -0.3 is 0 Å². The Hall–Kier alpha value is -1.32. The zero-order valence-electron chi connectivity index (χ0n) is 9.47. The molecule has 0 heterocycles. The van der Waals surface area contributed by atoms with E-state index in [4.69, 9.17) is 0 Å². The predicted molar refractivity (Wildman–Crippen MR) is 57.2 cm³/mol. The van der Waals surface area contributed by atoms with Crippen LogP contribution in [0.5, 0.6) is 0 Å². The van der Waals surface area contributed by atoms with Gasteiger partial charge in [-0.1, -0.05) is 13.3 Å². The molecule has 0 spiro atoms. The van der Waals surface area contributed by atoms with E-state index in [1.165, 1.54) is 0 Å². The van der Waals surface area contributed by atoms with Gasteiger partial charge in [-0.2, -0.15) is 0 Å². The molecular weight excluding hydrogens is 229 g/mol. The van der Waals surface area contributed by atoms with Crippen molar-refractivity contribution in [2.45, 2.75) is 26.2 Å². The average molecular weight is 242 g/mol. The fourth-order valence-electron chi connectivity index (χ4n) is 2.45. The van der Waals surface area contributed by atoms with E-state index in [9.17, 15) is 18.0 Å². The maximum absolute atomic E-state index is 13.5. The van der Waals surface area contributed by atoms with Crippen LogP contribution in [0.15, 0.2) is 12.1 Å². The Bertz CT molecular complexity index is 456. The molecule has 0 saturated heterocycles. The molecule has 0 radical (unpaired) electrons. The average Bonchev–Trinajstić information content (AvgIpc) is 2.72. The summed E-state index contributed by atoms with van der Waals surface area (Å²) in [6.45, 7) is 1.92. The van der Waals surface area contributed by atoms with E-state index in [-0.39, 0.29) is 17.4 Å². The zero-order chi connectivity index (χ0) is 12.6. The maximum atomic E-state index is 13.5. The Balaban J connectivity index is 2.34. The van der Waals surface area contributed by atoms with Gasteiger partial charge in [0.15, 0.2) is 23.2 Å². The summed E-state index contributed by atoms with van der Waals surface area (Å²) in [5.41, 5.74) is -0.331. The molecule has 1 nitrogen and oxygen atoms in total. The van der Waals surface area contributed by atoms with Gasteiger partial charge >= 0.3 is 0 Å². The molecule has 2 rings (SSSR count). The lowest BCUT2D eigenvalue weighted by molar-refractivity contribution is 0.0891. The Morgan fingerprint density at radius 1 is 1.18 bits per heavy atom. The highest BCUT2D eigenvalue weighted by Crippen LogP contribution is 2.34. The van der Waals surface area contributed by atoms with E-state index in [1.807, 2.05) is 6.92 Å². The van der Waals surface area contributed by atoms with Crippen molar-refractivity contribution < 1.29 is 18.0 Å². The molecule has 1 saturated carbocycles. The van der Waals surface area contributed by atoms with Crippen molar-refractivity contribution in [1.82, 2.24) is 0 Å². The number of ketones is 1. The van der Waals surface area contributed by atoms with Gasteiger partial charge in [0.05, 0.1) is 5.56 Å². The van der Waals surface area contributed by atoms with Gasteiger partial charge in [-0.25, -0.2) is 13.2 Å².